The van der Waals surface area contributed by atoms with Gasteiger partial charge in [0.25, 0.3) is 0 Å². The summed E-state index contributed by atoms with van der Waals surface area (Å²) < 4.78 is 30.7. The number of carbonyl (C=O) groups is 2. The highest BCUT2D eigenvalue weighted by Crippen LogP contribution is 2.43. The van der Waals surface area contributed by atoms with E-state index < -0.39 is 20.0 Å². The van der Waals surface area contributed by atoms with Crippen LogP contribution in [0.3, 0.4) is 0 Å². The van der Waals surface area contributed by atoms with E-state index in [4.69, 9.17) is 13.8 Å². The van der Waals surface area contributed by atoms with E-state index in [0.717, 1.165) is 83.5 Å². The molecule has 0 saturated carbocycles. The number of unbranched alkanes of at least 4 members (excludes halogenated alkanes) is 34. The standard InChI is InChI=1S/C63H119N2O7P/c1-7-10-13-16-19-22-25-28-30-32-34-37-40-43-46-49-52-55-62(66)64-60(59-71-73(68,69)70-58-57-65(4,5)6)61(54-51-48-45-42-39-36-27-24-21-18-15-12-9-3)72-63(67)56-53-50-47-44-41-38-35-33-31-29-26-23-20-17-14-11-8-2/h19,22,28,30,34,37,51,54,60-61H,7-18,20-21,23-27,29,31-33,35-36,38-50,52-53,55-59H2,1-6H3,(H-,64,66,68,69)/p+1/b22-19-,30-28-,37-34-,54-51+. The van der Waals surface area contributed by atoms with Crippen LogP contribution in [0.15, 0.2) is 48.6 Å². The van der Waals surface area contributed by atoms with E-state index >= 15 is 0 Å². The number of ether oxygens (including phenoxy) is 1. The number of rotatable bonds is 56. The van der Waals surface area contributed by atoms with Crippen LogP contribution >= 0.6 is 7.82 Å². The molecule has 0 aliphatic rings. The molecule has 9 nitrogen and oxygen atoms in total. The fraction of sp³-hybridized carbons (Fsp3) is 0.841. The van der Waals surface area contributed by atoms with Crippen LogP contribution in [-0.2, 0) is 27.9 Å². The van der Waals surface area contributed by atoms with E-state index in [9.17, 15) is 19.0 Å². The first-order valence-electron chi connectivity index (χ1n) is 31.0. The lowest BCUT2D eigenvalue weighted by Crippen LogP contribution is -2.47. The molecule has 428 valence electrons. The molecule has 3 atom stereocenters. The van der Waals surface area contributed by atoms with Crippen LogP contribution in [0.25, 0.3) is 0 Å². The zero-order valence-corrected chi connectivity index (χ0v) is 49.8. The number of nitrogens with one attached hydrogen (secondary N) is 1. The van der Waals surface area contributed by atoms with Crippen molar-refractivity contribution in [3.8, 4) is 0 Å². The summed E-state index contributed by atoms with van der Waals surface area (Å²) in [4.78, 5) is 37.7. The first-order valence-corrected chi connectivity index (χ1v) is 32.5. The third-order valence-electron chi connectivity index (χ3n) is 13.8. The molecule has 0 aliphatic heterocycles. The number of esters is 1. The zero-order valence-electron chi connectivity index (χ0n) is 48.9. The maximum absolute atomic E-state index is 13.5. The van der Waals surface area contributed by atoms with Gasteiger partial charge in [0, 0.05) is 12.8 Å². The molecule has 0 bridgehead atoms. The molecule has 73 heavy (non-hydrogen) atoms. The largest absolute Gasteiger partial charge is 0.472 e. The lowest BCUT2D eigenvalue weighted by atomic mass is 10.0. The quantitative estimate of drug-likeness (QED) is 0.0205. The highest BCUT2D eigenvalue weighted by atomic mass is 31.2. The summed E-state index contributed by atoms with van der Waals surface area (Å²) in [6.45, 7) is 6.99. The summed E-state index contributed by atoms with van der Waals surface area (Å²) in [5, 5.41) is 3.05. The maximum atomic E-state index is 13.5. The fourth-order valence-corrected chi connectivity index (χ4v) is 9.68. The molecule has 0 heterocycles. The Kier molecular flexibility index (Phi) is 51.9. The summed E-state index contributed by atoms with van der Waals surface area (Å²) >= 11 is 0. The molecule has 10 heteroatoms. The summed E-state index contributed by atoms with van der Waals surface area (Å²) in [6, 6.07) is -0.857. The Hall–Kier alpha value is -2.03. The van der Waals surface area contributed by atoms with Gasteiger partial charge in [-0.05, 0) is 70.3 Å². The molecule has 0 aromatic carbocycles. The number of carbonyl (C=O) groups excluding carboxylic acids is 2. The van der Waals surface area contributed by atoms with Crippen LogP contribution in [0.2, 0.25) is 0 Å². The minimum Gasteiger partial charge on any atom is -0.456 e. The number of phosphoric ester groups is 1. The van der Waals surface area contributed by atoms with Crippen LogP contribution in [-0.4, -0.2) is 74.3 Å². The van der Waals surface area contributed by atoms with Crippen LogP contribution < -0.4 is 5.32 Å². The zero-order chi connectivity index (χ0) is 53.6. The van der Waals surface area contributed by atoms with Gasteiger partial charge in [0.15, 0.2) is 0 Å². The van der Waals surface area contributed by atoms with Crippen molar-refractivity contribution < 1.29 is 37.3 Å². The van der Waals surface area contributed by atoms with E-state index in [1.54, 1.807) is 0 Å². The average Bonchev–Trinajstić information content (AvgIpc) is 3.35. The van der Waals surface area contributed by atoms with E-state index in [2.05, 4.69) is 62.5 Å². The van der Waals surface area contributed by atoms with E-state index in [1.807, 2.05) is 33.3 Å². The van der Waals surface area contributed by atoms with Crippen molar-refractivity contribution in [1.82, 2.24) is 5.32 Å². The van der Waals surface area contributed by atoms with Crippen molar-refractivity contribution in [1.29, 1.82) is 0 Å². The van der Waals surface area contributed by atoms with Crippen molar-refractivity contribution in [2.45, 2.75) is 303 Å². The van der Waals surface area contributed by atoms with Crippen molar-refractivity contribution in [3.05, 3.63) is 48.6 Å². The monoisotopic (exact) mass is 1050 g/mol. The Morgan fingerprint density at radius 2 is 0.836 bits per heavy atom. The van der Waals surface area contributed by atoms with Crippen molar-refractivity contribution in [2.75, 3.05) is 40.9 Å². The fourth-order valence-electron chi connectivity index (χ4n) is 8.95. The topological polar surface area (TPSA) is 111 Å². The number of amides is 1. The second-order valence-corrected chi connectivity index (χ2v) is 23.7. The van der Waals surface area contributed by atoms with Gasteiger partial charge in [-0.15, -0.1) is 0 Å². The minimum atomic E-state index is -4.45. The number of hydrogen-bond acceptors (Lipinski definition) is 6. The van der Waals surface area contributed by atoms with Crippen molar-refractivity contribution in [2.24, 2.45) is 0 Å². The minimum absolute atomic E-state index is 0.0366. The first kappa shape index (κ1) is 71.0. The Bertz CT molecular complexity index is 1390. The van der Waals surface area contributed by atoms with Crippen LogP contribution in [0.5, 0.6) is 0 Å². The number of hydrogen-bond donors (Lipinski definition) is 2. The highest BCUT2D eigenvalue weighted by Gasteiger charge is 2.30. The predicted molar refractivity (Wildman–Crippen MR) is 314 cm³/mol. The predicted octanol–water partition coefficient (Wildman–Crippen LogP) is 18.9. The highest BCUT2D eigenvalue weighted by molar-refractivity contribution is 7.47. The number of nitrogens with zero attached hydrogens (tertiary/aromatic N) is 1. The van der Waals surface area contributed by atoms with Crippen LogP contribution in [0.1, 0.15) is 290 Å². The van der Waals surface area contributed by atoms with Gasteiger partial charge < -0.3 is 19.4 Å². The molecule has 0 fully saturated rings. The van der Waals surface area contributed by atoms with E-state index in [1.165, 1.54) is 173 Å². The number of phosphoric acid groups is 1. The van der Waals surface area contributed by atoms with Gasteiger partial charge in [0.2, 0.25) is 5.91 Å². The molecule has 0 radical (unpaired) electrons. The van der Waals surface area contributed by atoms with Gasteiger partial charge >= 0.3 is 13.8 Å². The Morgan fingerprint density at radius 1 is 0.479 bits per heavy atom. The number of allylic oxidation sites excluding steroid dienone is 7. The summed E-state index contributed by atoms with van der Waals surface area (Å²) in [6.07, 6.45) is 65.3. The van der Waals surface area contributed by atoms with Gasteiger partial charge in [-0.25, -0.2) is 4.57 Å². The number of quaternary nitrogens is 1. The SMILES string of the molecule is CCCCC/C=C\C/C=C\C/C=C\CCCCCCC(=O)NC(COP(=O)(O)OCC[N+](C)(C)C)C(/C=C/CCCCCCCCCCCCC)OC(=O)CCCCCCCCCCCCCCCCCCC. The molecule has 0 aromatic rings. The second kappa shape index (κ2) is 53.4. The molecule has 0 saturated heterocycles. The van der Waals surface area contributed by atoms with Gasteiger partial charge in [-0.1, -0.05) is 256 Å². The van der Waals surface area contributed by atoms with Crippen molar-refractivity contribution >= 4 is 19.7 Å². The lowest BCUT2D eigenvalue weighted by Gasteiger charge is -2.27. The first-order chi connectivity index (χ1) is 35.4. The molecule has 0 aromatic heterocycles. The summed E-state index contributed by atoms with van der Waals surface area (Å²) in [7, 11) is 1.49. The molecule has 0 spiro atoms. The molecule has 2 N–H and O–H groups in total. The molecular weight excluding hydrogens is 928 g/mol. The lowest BCUT2D eigenvalue weighted by molar-refractivity contribution is -0.870. The van der Waals surface area contributed by atoms with E-state index in [0.29, 0.717) is 23.9 Å². The van der Waals surface area contributed by atoms with E-state index in [-0.39, 0.29) is 25.1 Å². The molecule has 3 unspecified atom stereocenters. The second-order valence-electron chi connectivity index (χ2n) is 22.2. The Labute approximate surface area is 452 Å². The van der Waals surface area contributed by atoms with Crippen LogP contribution in [0.4, 0.5) is 0 Å². The van der Waals surface area contributed by atoms with Crippen molar-refractivity contribution in [3.63, 3.8) is 0 Å². The number of likely N-dealkylation sites (N-methyl/N-ethyl adjacent to an activating group) is 1. The molecule has 0 aliphatic carbocycles. The van der Waals surface area contributed by atoms with Gasteiger partial charge in [-0.2, -0.15) is 0 Å². The third-order valence-corrected chi connectivity index (χ3v) is 14.8. The van der Waals surface area contributed by atoms with Gasteiger partial charge in [0.05, 0.1) is 33.8 Å². The molecule has 0 rings (SSSR count). The third kappa shape index (κ3) is 54.6. The Balaban J connectivity index is 5.33. The van der Waals surface area contributed by atoms with Gasteiger partial charge in [0.1, 0.15) is 19.3 Å². The summed E-state index contributed by atoms with van der Waals surface area (Å²) in [5.41, 5.74) is 0. The molecule has 1 amide bonds. The van der Waals surface area contributed by atoms with Gasteiger partial charge in [-0.3, -0.25) is 18.6 Å². The van der Waals surface area contributed by atoms with Crippen LogP contribution in [0, 0.1) is 0 Å². The Morgan fingerprint density at radius 3 is 1.27 bits per heavy atom. The summed E-state index contributed by atoms with van der Waals surface area (Å²) in [5.74, 6) is -0.519. The molecular formula is C63H120N2O7P+. The normalized spacial score (nSPS) is 14.0. The maximum Gasteiger partial charge on any atom is 0.472 e. The smallest absolute Gasteiger partial charge is 0.456 e. The average molecular weight is 1050 g/mol.